The summed E-state index contributed by atoms with van der Waals surface area (Å²) in [6, 6.07) is -1.32. The van der Waals surface area contributed by atoms with Crippen molar-refractivity contribution in [1.82, 2.24) is 10.6 Å². The van der Waals surface area contributed by atoms with E-state index < -0.39 is 18.0 Å². The van der Waals surface area contributed by atoms with E-state index in [1.54, 1.807) is 0 Å². The van der Waals surface area contributed by atoms with E-state index in [1.165, 1.54) is 6.92 Å². The number of carbonyl (C=O) groups excluding carboxylic acids is 1. The molecule has 15 heavy (non-hydrogen) atoms. The smallest absolute Gasteiger partial charge is 0.325 e. The lowest BCUT2D eigenvalue weighted by molar-refractivity contribution is -0.138. The molecule has 6 heteroatoms. The fourth-order valence-corrected chi connectivity index (χ4v) is 1.29. The van der Waals surface area contributed by atoms with Crippen LogP contribution in [0.25, 0.3) is 0 Å². The molecule has 1 rings (SSSR count). The van der Waals surface area contributed by atoms with Gasteiger partial charge in [-0.15, -0.1) is 0 Å². The van der Waals surface area contributed by atoms with Crippen LogP contribution in [-0.2, 0) is 9.53 Å². The zero-order valence-corrected chi connectivity index (χ0v) is 8.66. The van der Waals surface area contributed by atoms with Gasteiger partial charge in [-0.1, -0.05) is 0 Å². The van der Waals surface area contributed by atoms with Crippen LogP contribution in [0.2, 0.25) is 0 Å². The van der Waals surface area contributed by atoms with E-state index in [4.69, 9.17) is 9.84 Å². The number of ether oxygens (including phenoxy) is 1. The second-order valence-corrected chi connectivity index (χ2v) is 3.64. The van der Waals surface area contributed by atoms with Crippen LogP contribution in [0.4, 0.5) is 4.79 Å². The highest BCUT2D eigenvalue weighted by molar-refractivity contribution is 5.82. The highest BCUT2D eigenvalue weighted by Crippen LogP contribution is 2.10. The van der Waals surface area contributed by atoms with E-state index in [9.17, 15) is 9.59 Å². The fraction of sp³-hybridized carbons (Fsp3) is 0.778. The maximum Gasteiger partial charge on any atom is 0.325 e. The van der Waals surface area contributed by atoms with Gasteiger partial charge >= 0.3 is 12.0 Å². The molecule has 0 radical (unpaired) electrons. The van der Waals surface area contributed by atoms with Crippen molar-refractivity contribution in [2.75, 3.05) is 19.8 Å². The predicted molar refractivity (Wildman–Crippen MR) is 52.6 cm³/mol. The van der Waals surface area contributed by atoms with Gasteiger partial charge in [-0.2, -0.15) is 0 Å². The first kappa shape index (κ1) is 11.8. The molecule has 0 spiro atoms. The fourth-order valence-electron chi connectivity index (χ4n) is 1.29. The molecule has 1 saturated heterocycles. The Bertz CT molecular complexity index is 238. The molecule has 1 fully saturated rings. The number of urea groups is 1. The lowest BCUT2D eigenvalue weighted by Gasteiger charge is -2.12. The van der Waals surface area contributed by atoms with Gasteiger partial charge in [0, 0.05) is 19.1 Å². The largest absolute Gasteiger partial charge is 0.480 e. The second kappa shape index (κ2) is 5.55. The molecule has 0 aliphatic carbocycles. The lowest BCUT2D eigenvalue weighted by atomic mass is 10.1. The average Bonchev–Trinajstić information content (AvgIpc) is 2.66. The van der Waals surface area contributed by atoms with Gasteiger partial charge in [0.25, 0.3) is 0 Å². The quantitative estimate of drug-likeness (QED) is 0.607. The Labute approximate surface area is 88.0 Å². The summed E-state index contributed by atoms with van der Waals surface area (Å²) in [5.74, 6) is -0.703. The summed E-state index contributed by atoms with van der Waals surface area (Å²) < 4.78 is 5.14. The molecule has 1 aliphatic heterocycles. The van der Waals surface area contributed by atoms with Crippen molar-refractivity contribution >= 4 is 12.0 Å². The Morgan fingerprint density at radius 3 is 2.87 bits per heavy atom. The molecule has 0 aromatic heterocycles. The number of amides is 2. The molecular weight excluding hydrogens is 200 g/mol. The third-order valence-corrected chi connectivity index (χ3v) is 2.29. The maximum absolute atomic E-state index is 11.2. The number of carboxylic acid groups (broad SMARTS) is 1. The Hall–Kier alpha value is -1.30. The van der Waals surface area contributed by atoms with Crippen molar-refractivity contribution in [3.63, 3.8) is 0 Å². The highest BCUT2D eigenvalue weighted by atomic mass is 16.5. The minimum absolute atomic E-state index is 0.343. The summed E-state index contributed by atoms with van der Waals surface area (Å²) in [4.78, 5) is 21.6. The van der Waals surface area contributed by atoms with E-state index in [0.717, 1.165) is 13.0 Å². The number of rotatable bonds is 4. The summed E-state index contributed by atoms with van der Waals surface area (Å²) >= 11 is 0. The van der Waals surface area contributed by atoms with Crippen molar-refractivity contribution in [2.24, 2.45) is 5.92 Å². The standard InChI is InChI=1S/C9H16N2O4/c1-6(8(12)13)11-9(14)10-4-7-2-3-15-5-7/h6-7H,2-5H2,1H3,(H,12,13)(H2,10,11,14)/t6-,7?/m0/s1. The molecule has 1 aliphatic rings. The first-order chi connectivity index (χ1) is 7.09. The number of hydrogen-bond acceptors (Lipinski definition) is 3. The molecule has 6 nitrogen and oxygen atoms in total. The number of carbonyl (C=O) groups is 2. The Kier molecular flexibility index (Phi) is 4.36. The second-order valence-electron chi connectivity index (χ2n) is 3.64. The normalized spacial score (nSPS) is 22.1. The lowest BCUT2D eigenvalue weighted by Crippen LogP contribution is -2.45. The third-order valence-electron chi connectivity index (χ3n) is 2.29. The molecule has 0 aromatic rings. The van der Waals surface area contributed by atoms with Crippen LogP contribution >= 0.6 is 0 Å². The third kappa shape index (κ3) is 4.16. The average molecular weight is 216 g/mol. The van der Waals surface area contributed by atoms with E-state index in [1.807, 2.05) is 0 Å². The zero-order valence-electron chi connectivity index (χ0n) is 8.66. The van der Waals surface area contributed by atoms with E-state index in [2.05, 4.69) is 10.6 Å². The molecule has 2 amide bonds. The minimum atomic E-state index is -1.05. The van der Waals surface area contributed by atoms with Gasteiger partial charge in [0.2, 0.25) is 0 Å². The van der Waals surface area contributed by atoms with E-state index >= 15 is 0 Å². The Morgan fingerprint density at radius 2 is 2.33 bits per heavy atom. The van der Waals surface area contributed by atoms with Crippen LogP contribution in [0.15, 0.2) is 0 Å². The van der Waals surface area contributed by atoms with Gasteiger partial charge in [-0.3, -0.25) is 4.79 Å². The van der Waals surface area contributed by atoms with Crippen LogP contribution in [0.3, 0.4) is 0 Å². The van der Waals surface area contributed by atoms with Crippen molar-refractivity contribution in [1.29, 1.82) is 0 Å². The number of aliphatic carboxylic acids is 1. The number of nitrogens with one attached hydrogen (secondary N) is 2. The summed E-state index contributed by atoms with van der Waals surface area (Å²) in [7, 11) is 0. The topological polar surface area (TPSA) is 87.7 Å². The van der Waals surface area contributed by atoms with Crippen LogP contribution in [0.1, 0.15) is 13.3 Å². The van der Waals surface area contributed by atoms with Crippen molar-refractivity contribution in [3.05, 3.63) is 0 Å². The van der Waals surface area contributed by atoms with Crippen molar-refractivity contribution < 1.29 is 19.4 Å². The van der Waals surface area contributed by atoms with Crippen LogP contribution in [0, 0.1) is 5.92 Å². The van der Waals surface area contributed by atoms with Crippen LogP contribution in [-0.4, -0.2) is 42.9 Å². The van der Waals surface area contributed by atoms with Crippen molar-refractivity contribution in [3.8, 4) is 0 Å². The van der Waals surface area contributed by atoms with Crippen LogP contribution < -0.4 is 10.6 Å². The molecule has 0 aromatic carbocycles. The SMILES string of the molecule is C[C@H](NC(=O)NCC1CCOC1)C(=O)O. The summed E-state index contributed by atoms with van der Waals surface area (Å²) in [6.07, 6.45) is 0.939. The summed E-state index contributed by atoms with van der Waals surface area (Å²) in [5, 5.41) is 13.5. The Morgan fingerprint density at radius 1 is 1.60 bits per heavy atom. The molecule has 0 saturated carbocycles. The molecule has 0 bridgehead atoms. The van der Waals surface area contributed by atoms with Gasteiger partial charge in [0.15, 0.2) is 0 Å². The van der Waals surface area contributed by atoms with Crippen molar-refractivity contribution in [2.45, 2.75) is 19.4 Å². The predicted octanol–water partition coefficient (Wildman–Crippen LogP) is -0.205. The molecule has 2 atom stereocenters. The molecular formula is C9H16N2O4. The summed E-state index contributed by atoms with van der Waals surface area (Å²) in [5.41, 5.74) is 0. The maximum atomic E-state index is 11.2. The number of carboxylic acids is 1. The van der Waals surface area contributed by atoms with Gasteiger partial charge in [-0.05, 0) is 13.3 Å². The molecule has 86 valence electrons. The van der Waals surface area contributed by atoms with Gasteiger partial charge in [0.1, 0.15) is 6.04 Å². The monoisotopic (exact) mass is 216 g/mol. The van der Waals surface area contributed by atoms with E-state index in [-0.39, 0.29) is 0 Å². The Balaban J connectivity index is 2.15. The van der Waals surface area contributed by atoms with Gasteiger partial charge in [0.05, 0.1) is 6.61 Å². The highest BCUT2D eigenvalue weighted by Gasteiger charge is 2.18. The minimum Gasteiger partial charge on any atom is -0.480 e. The van der Waals surface area contributed by atoms with Gasteiger partial charge < -0.3 is 20.5 Å². The molecule has 3 N–H and O–H groups in total. The zero-order chi connectivity index (χ0) is 11.3. The van der Waals surface area contributed by atoms with Gasteiger partial charge in [-0.25, -0.2) is 4.79 Å². The first-order valence-electron chi connectivity index (χ1n) is 4.94. The van der Waals surface area contributed by atoms with E-state index in [0.29, 0.717) is 19.1 Å². The van der Waals surface area contributed by atoms with Crippen LogP contribution in [0.5, 0.6) is 0 Å². The first-order valence-corrected chi connectivity index (χ1v) is 4.94. The molecule has 1 heterocycles. The number of hydrogen-bond donors (Lipinski definition) is 3. The molecule has 1 unspecified atom stereocenters. The summed E-state index contributed by atoms with van der Waals surface area (Å²) in [6.45, 7) is 3.34.